The van der Waals surface area contributed by atoms with Crippen LogP contribution >= 0.6 is 0 Å². The molecule has 0 radical (unpaired) electrons. The van der Waals surface area contributed by atoms with Gasteiger partial charge in [0.1, 0.15) is 25.1 Å². The molecule has 0 fully saturated rings. The van der Waals surface area contributed by atoms with Crippen molar-refractivity contribution >= 4 is 10.8 Å². The molecular weight excluding hydrogens is 438 g/mol. The van der Waals surface area contributed by atoms with Crippen molar-refractivity contribution < 1.29 is 9.13 Å². The second-order valence-corrected chi connectivity index (χ2v) is 10.6. The second-order valence-electron chi connectivity index (χ2n) is 10.6. The first-order valence-corrected chi connectivity index (χ1v) is 13.0. The normalized spacial score (nSPS) is 11.7. The van der Waals surface area contributed by atoms with Crippen LogP contribution in [0.25, 0.3) is 39.1 Å². The van der Waals surface area contributed by atoms with Gasteiger partial charge in [-0.15, -0.1) is 0 Å². The molecule has 0 atom stereocenters. The lowest BCUT2D eigenvalue weighted by atomic mass is 9.92. The summed E-state index contributed by atoms with van der Waals surface area (Å²) in [5, 5.41) is 2.51. The maximum Gasteiger partial charge on any atom is 0.294 e. The number of hydrogen-bond donors (Lipinski definition) is 0. The number of fused-ring (bicyclic) bond motifs is 1. The van der Waals surface area contributed by atoms with Crippen molar-refractivity contribution in [3.8, 4) is 28.3 Å². The van der Waals surface area contributed by atoms with Crippen molar-refractivity contribution in [3.05, 3.63) is 102 Å². The Morgan fingerprint density at radius 3 is 1.97 bits per heavy atom. The van der Waals surface area contributed by atoms with Gasteiger partial charge < -0.3 is 0 Å². The predicted octanol–water partition coefficient (Wildman–Crippen LogP) is 7.17. The molecule has 2 heterocycles. The molecule has 0 unspecified atom stereocenters. The molecule has 3 heteroatoms. The summed E-state index contributed by atoms with van der Waals surface area (Å²) in [6, 6.07) is 24.4. The summed E-state index contributed by atoms with van der Waals surface area (Å²) < 4.78 is 6.92. The molecule has 0 amide bonds. The summed E-state index contributed by atoms with van der Waals surface area (Å²) in [6.45, 7) is 11.4. The first-order valence-electron chi connectivity index (χ1n) is 13.0. The van der Waals surface area contributed by atoms with Crippen LogP contribution in [-0.4, -0.2) is 4.57 Å². The van der Waals surface area contributed by atoms with E-state index in [1.165, 1.54) is 55.8 Å². The van der Waals surface area contributed by atoms with Gasteiger partial charge in [-0.2, -0.15) is 4.57 Å². The van der Waals surface area contributed by atoms with Crippen LogP contribution in [0.4, 0.5) is 0 Å². The Kier molecular flexibility index (Phi) is 6.26. The number of hydrogen-bond acceptors (Lipinski definition) is 0. The molecule has 0 N–H and O–H groups in total. The summed E-state index contributed by atoms with van der Waals surface area (Å²) in [7, 11) is 4.30. The van der Waals surface area contributed by atoms with Crippen molar-refractivity contribution in [3.63, 3.8) is 0 Å². The number of rotatable bonds is 5. The number of imidazole rings is 1. The van der Waals surface area contributed by atoms with Crippen LogP contribution in [-0.2, 0) is 14.1 Å². The standard InChI is InChI=1S/C33H37N3/c1-22(2)27-14-10-15-28(23(3)4)32(27)36-19-18-34(6)33(36)30-17-11-16-29(24(30)5)31-20-25-12-8-9-13-26(25)21-35(31)7/h8-23H,1-7H3/q+2. The van der Waals surface area contributed by atoms with Crippen LogP contribution in [0.1, 0.15) is 56.2 Å². The van der Waals surface area contributed by atoms with Crippen LogP contribution < -0.4 is 9.13 Å². The monoisotopic (exact) mass is 475 g/mol. The predicted molar refractivity (Wildman–Crippen MR) is 149 cm³/mol. The Labute approximate surface area is 215 Å². The number of para-hydroxylation sites is 1. The van der Waals surface area contributed by atoms with Crippen molar-refractivity contribution in [2.75, 3.05) is 0 Å². The molecular formula is C33H37N3+2. The summed E-state index contributed by atoms with van der Waals surface area (Å²) in [5.74, 6) is 2.07. The smallest absolute Gasteiger partial charge is 0.232 e. The third kappa shape index (κ3) is 4.03. The first-order chi connectivity index (χ1) is 17.3. The van der Waals surface area contributed by atoms with E-state index in [4.69, 9.17) is 0 Å². The SMILES string of the molecule is Cc1c(-c2cc3ccccc3c[n+]2C)cccc1-c1n(-c2c(C(C)C)cccc2C(C)C)cc[n+]1C. The van der Waals surface area contributed by atoms with E-state index in [0.29, 0.717) is 11.8 Å². The Morgan fingerprint density at radius 2 is 1.31 bits per heavy atom. The zero-order valence-electron chi connectivity index (χ0n) is 22.6. The minimum absolute atomic E-state index is 0.434. The van der Waals surface area contributed by atoms with Crippen LogP contribution in [0.2, 0.25) is 0 Å². The lowest BCUT2D eigenvalue weighted by molar-refractivity contribution is -0.659. The van der Waals surface area contributed by atoms with Gasteiger partial charge in [0.25, 0.3) is 5.82 Å². The van der Waals surface area contributed by atoms with Crippen molar-refractivity contribution in [1.29, 1.82) is 0 Å². The van der Waals surface area contributed by atoms with E-state index < -0.39 is 0 Å². The molecule has 2 aromatic heterocycles. The number of aryl methyl sites for hydroxylation is 2. The summed E-state index contributed by atoms with van der Waals surface area (Å²) in [6.07, 6.45) is 6.64. The van der Waals surface area contributed by atoms with Gasteiger partial charge in [0.2, 0.25) is 5.69 Å². The van der Waals surface area contributed by atoms with E-state index in [1.54, 1.807) is 0 Å². The molecule has 36 heavy (non-hydrogen) atoms. The Hall–Kier alpha value is -3.72. The highest BCUT2D eigenvalue weighted by atomic mass is 15.1. The summed E-state index contributed by atoms with van der Waals surface area (Å²) in [5.41, 5.74) is 9.10. The van der Waals surface area contributed by atoms with E-state index >= 15 is 0 Å². The van der Waals surface area contributed by atoms with Crippen molar-refractivity contribution in [2.24, 2.45) is 14.1 Å². The first kappa shape index (κ1) is 24.0. The number of benzene rings is 3. The summed E-state index contributed by atoms with van der Waals surface area (Å²) in [4.78, 5) is 0. The van der Waals surface area contributed by atoms with Crippen LogP contribution in [0.3, 0.4) is 0 Å². The molecule has 3 aromatic carbocycles. The van der Waals surface area contributed by atoms with Gasteiger partial charge in [-0.25, -0.2) is 9.13 Å². The molecule has 0 aliphatic heterocycles. The van der Waals surface area contributed by atoms with E-state index in [1.807, 2.05) is 0 Å². The van der Waals surface area contributed by atoms with E-state index in [0.717, 1.165) is 0 Å². The molecule has 0 spiro atoms. The highest BCUT2D eigenvalue weighted by molar-refractivity contribution is 5.85. The van der Waals surface area contributed by atoms with Crippen LogP contribution in [0, 0.1) is 6.92 Å². The second kappa shape index (κ2) is 9.39. The lowest BCUT2D eigenvalue weighted by Crippen LogP contribution is -2.31. The Balaban J connectivity index is 1.75. The molecule has 3 nitrogen and oxygen atoms in total. The van der Waals surface area contributed by atoms with Gasteiger partial charge >= 0.3 is 0 Å². The molecule has 0 aliphatic carbocycles. The minimum Gasteiger partial charge on any atom is -0.232 e. The molecule has 5 rings (SSSR count). The van der Waals surface area contributed by atoms with Crippen LogP contribution in [0.15, 0.2) is 85.3 Å². The zero-order chi connectivity index (χ0) is 25.6. The third-order valence-electron chi connectivity index (χ3n) is 7.44. The number of aromatic nitrogens is 3. The zero-order valence-corrected chi connectivity index (χ0v) is 22.6. The van der Waals surface area contributed by atoms with Gasteiger partial charge in [-0.1, -0.05) is 70.2 Å². The molecule has 0 aliphatic rings. The molecule has 0 bridgehead atoms. The summed E-state index contributed by atoms with van der Waals surface area (Å²) >= 11 is 0. The quantitative estimate of drug-likeness (QED) is 0.239. The van der Waals surface area contributed by atoms with Gasteiger partial charge in [-0.05, 0) is 47.9 Å². The fourth-order valence-corrected chi connectivity index (χ4v) is 5.48. The Morgan fingerprint density at radius 1 is 0.694 bits per heavy atom. The molecule has 5 aromatic rings. The lowest BCUT2D eigenvalue weighted by Gasteiger charge is -2.18. The van der Waals surface area contributed by atoms with Gasteiger partial charge in [0, 0.05) is 28.1 Å². The molecule has 182 valence electrons. The Bertz CT molecular complexity index is 1540. The topological polar surface area (TPSA) is 12.7 Å². The van der Waals surface area contributed by atoms with Crippen molar-refractivity contribution in [1.82, 2.24) is 4.57 Å². The van der Waals surface area contributed by atoms with Gasteiger partial charge in [0.15, 0.2) is 6.20 Å². The fraction of sp³-hybridized carbons (Fsp3) is 0.273. The van der Waals surface area contributed by atoms with E-state index in [9.17, 15) is 0 Å². The van der Waals surface area contributed by atoms with Gasteiger partial charge in [0.05, 0.1) is 12.6 Å². The van der Waals surface area contributed by atoms with E-state index in [2.05, 4.69) is 148 Å². The van der Waals surface area contributed by atoms with Crippen LogP contribution in [0.5, 0.6) is 0 Å². The van der Waals surface area contributed by atoms with E-state index in [-0.39, 0.29) is 0 Å². The minimum atomic E-state index is 0.434. The van der Waals surface area contributed by atoms with Crippen molar-refractivity contribution in [2.45, 2.75) is 46.5 Å². The maximum atomic E-state index is 2.41. The van der Waals surface area contributed by atoms with Gasteiger partial charge in [-0.3, -0.25) is 0 Å². The third-order valence-corrected chi connectivity index (χ3v) is 7.44. The average molecular weight is 476 g/mol. The highest BCUT2D eigenvalue weighted by Crippen LogP contribution is 2.36. The molecule has 0 saturated carbocycles. The fourth-order valence-electron chi connectivity index (χ4n) is 5.48. The maximum absolute atomic E-state index is 2.41. The molecule has 0 saturated heterocycles. The highest BCUT2D eigenvalue weighted by Gasteiger charge is 2.28. The number of nitrogens with zero attached hydrogens (tertiary/aromatic N) is 3. The number of pyridine rings is 1. The average Bonchev–Trinajstić information content (AvgIpc) is 3.24. The largest absolute Gasteiger partial charge is 0.294 e.